The number of aryl methyl sites for hydroxylation is 1. The number of aromatic nitrogens is 2. The largest absolute Gasteiger partial charge is 0.361 e. The molecule has 20 heavy (non-hydrogen) atoms. The summed E-state index contributed by atoms with van der Waals surface area (Å²) in [6.07, 6.45) is 2.28. The van der Waals surface area contributed by atoms with Gasteiger partial charge >= 0.3 is 0 Å². The molecule has 3 rings (SSSR count). The number of aromatic amines is 1. The molecule has 0 saturated carbocycles. The molecule has 0 unspecified atom stereocenters. The van der Waals surface area contributed by atoms with Crippen molar-refractivity contribution in [3.63, 3.8) is 0 Å². The standard InChI is InChI=1S/C15H15N3OS/c1-10-9-20-15(17-10)18(2)14(19)7-11-8-16-13-6-4-3-5-12(11)13/h3-6,8-9,16H,7H2,1-2H3. The number of fused-ring (bicyclic) bond motifs is 1. The van der Waals surface area contributed by atoms with Gasteiger partial charge in [0.1, 0.15) is 0 Å². The molecule has 2 aromatic heterocycles. The van der Waals surface area contributed by atoms with Crippen LogP contribution in [0.15, 0.2) is 35.8 Å². The second-order valence-electron chi connectivity index (χ2n) is 4.76. The molecule has 2 heterocycles. The van der Waals surface area contributed by atoms with Crippen LogP contribution in [0.1, 0.15) is 11.3 Å². The minimum absolute atomic E-state index is 0.0455. The maximum atomic E-state index is 12.3. The molecule has 0 radical (unpaired) electrons. The molecule has 4 nitrogen and oxygen atoms in total. The number of H-pyrrole nitrogens is 1. The Bertz CT molecular complexity index is 759. The van der Waals surface area contributed by atoms with Crippen molar-refractivity contribution < 1.29 is 4.79 Å². The number of carbonyl (C=O) groups is 1. The highest BCUT2D eigenvalue weighted by atomic mass is 32.1. The number of hydrogen-bond acceptors (Lipinski definition) is 3. The molecule has 0 bridgehead atoms. The first-order valence-electron chi connectivity index (χ1n) is 6.39. The van der Waals surface area contributed by atoms with E-state index in [4.69, 9.17) is 0 Å². The Morgan fingerprint density at radius 2 is 2.20 bits per heavy atom. The molecule has 0 aliphatic heterocycles. The average molecular weight is 285 g/mol. The van der Waals surface area contributed by atoms with E-state index in [1.807, 2.05) is 42.8 Å². The Morgan fingerprint density at radius 1 is 1.40 bits per heavy atom. The lowest BCUT2D eigenvalue weighted by Crippen LogP contribution is -2.27. The van der Waals surface area contributed by atoms with Crippen molar-refractivity contribution in [3.8, 4) is 0 Å². The smallest absolute Gasteiger partial charge is 0.233 e. The van der Waals surface area contributed by atoms with Crippen LogP contribution in [0.2, 0.25) is 0 Å². The zero-order valence-corrected chi connectivity index (χ0v) is 12.2. The predicted molar refractivity (Wildman–Crippen MR) is 82.3 cm³/mol. The molecule has 1 amide bonds. The van der Waals surface area contributed by atoms with Gasteiger partial charge in [0.15, 0.2) is 5.13 Å². The van der Waals surface area contributed by atoms with E-state index in [0.29, 0.717) is 6.42 Å². The zero-order valence-electron chi connectivity index (χ0n) is 11.4. The Kier molecular flexibility index (Phi) is 3.28. The zero-order chi connectivity index (χ0) is 14.1. The SMILES string of the molecule is Cc1csc(N(C)C(=O)Cc2c[nH]c3ccccc23)n1. The van der Waals surface area contributed by atoms with Gasteiger partial charge in [0.2, 0.25) is 5.91 Å². The molecule has 5 heteroatoms. The summed E-state index contributed by atoms with van der Waals surface area (Å²) in [5.74, 6) is 0.0455. The summed E-state index contributed by atoms with van der Waals surface area (Å²) in [5.41, 5.74) is 3.02. The molecule has 0 aliphatic rings. The van der Waals surface area contributed by atoms with E-state index in [1.54, 1.807) is 11.9 Å². The molecular weight excluding hydrogens is 270 g/mol. The van der Waals surface area contributed by atoms with Gasteiger partial charge in [-0.1, -0.05) is 18.2 Å². The maximum Gasteiger partial charge on any atom is 0.233 e. The van der Waals surface area contributed by atoms with Crippen LogP contribution in [0.5, 0.6) is 0 Å². The van der Waals surface area contributed by atoms with E-state index in [-0.39, 0.29) is 5.91 Å². The van der Waals surface area contributed by atoms with E-state index >= 15 is 0 Å². The first-order chi connectivity index (χ1) is 9.65. The van der Waals surface area contributed by atoms with Crippen molar-refractivity contribution in [2.75, 3.05) is 11.9 Å². The minimum Gasteiger partial charge on any atom is -0.361 e. The molecule has 1 N–H and O–H groups in total. The van der Waals surface area contributed by atoms with Crippen LogP contribution in [0.4, 0.5) is 5.13 Å². The summed E-state index contributed by atoms with van der Waals surface area (Å²) >= 11 is 1.49. The molecule has 102 valence electrons. The number of anilines is 1. The number of hydrogen-bond donors (Lipinski definition) is 1. The van der Waals surface area contributed by atoms with Crippen molar-refractivity contribution in [3.05, 3.63) is 47.1 Å². The van der Waals surface area contributed by atoms with Crippen molar-refractivity contribution in [2.24, 2.45) is 0 Å². The minimum atomic E-state index is 0.0455. The lowest BCUT2D eigenvalue weighted by Gasteiger charge is -2.13. The third-order valence-electron chi connectivity index (χ3n) is 3.28. The summed E-state index contributed by atoms with van der Waals surface area (Å²) in [4.78, 5) is 21.5. The summed E-state index contributed by atoms with van der Waals surface area (Å²) < 4.78 is 0. The fourth-order valence-electron chi connectivity index (χ4n) is 2.16. The van der Waals surface area contributed by atoms with Gasteiger partial charge in [-0.05, 0) is 18.6 Å². The van der Waals surface area contributed by atoms with Crippen molar-refractivity contribution >= 4 is 33.3 Å². The van der Waals surface area contributed by atoms with E-state index in [0.717, 1.165) is 27.3 Å². The number of carbonyl (C=O) groups excluding carboxylic acids is 1. The van der Waals surface area contributed by atoms with E-state index in [2.05, 4.69) is 9.97 Å². The Balaban J connectivity index is 1.82. The predicted octanol–water partition coefficient (Wildman–Crippen LogP) is 3.14. The first-order valence-corrected chi connectivity index (χ1v) is 7.27. The Morgan fingerprint density at radius 3 is 2.95 bits per heavy atom. The molecule has 0 aliphatic carbocycles. The highest BCUT2D eigenvalue weighted by Crippen LogP contribution is 2.22. The fraction of sp³-hybridized carbons (Fsp3) is 0.200. The third kappa shape index (κ3) is 2.32. The van der Waals surface area contributed by atoms with Crippen LogP contribution >= 0.6 is 11.3 Å². The molecule has 1 aromatic carbocycles. The number of thiazole rings is 1. The summed E-state index contributed by atoms with van der Waals surface area (Å²) in [5, 5.41) is 3.79. The summed E-state index contributed by atoms with van der Waals surface area (Å²) in [6, 6.07) is 8.01. The number of likely N-dealkylation sites (N-methyl/N-ethyl adjacent to an activating group) is 1. The Labute approximate surface area is 121 Å². The number of benzene rings is 1. The highest BCUT2D eigenvalue weighted by molar-refractivity contribution is 7.14. The number of amides is 1. The second-order valence-corrected chi connectivity index (χ2v) is 5.60. The van der Waals surface area contributed by atoms with Crippen LogP contribution in [0.25, 0.3) is 10.9 Å². The van der Waals surface area contributed by atoms with E-state index in [1.165, 1.54) is 11.3 Å². The molecule has 0 saturated heterocycles. The maximum absolute atomic E-state index is 12.3. The van der Waals surface area contributed by atoms with Crippen molar-refractivity contribution in [1.82, 2.24) is 9.97 Å². The Hall–Kier alpha value is -2.14. The molecule has 0 spiro atoms. The molecule has 3 aromatic rings. The van der Waals surface area contributed by atoms with Gasteiger partial charge in [0.05, 0.1) is 12.1 Å². The van der Waals surface area contributed by atoms with Gasteiger partial charge in [-0.3, -0.25) is 9.69 Å². The van der Waals surface area contributed by atoms with E-state index < -0.39 is 0 Å². The number of nitrogens with one attached hydrogen (secondary N) is 1. The van der Waals surface area contributed by atoms with Gasteiger partial charge in [-0.2, -0.15) is 0 Å². The normalized spacial score (nSPS) is 10.9. The average Bonchev–Trinajstić information content (AvgIpc) is 3.05. The molecule has 0 atom stereocenters. The van der Waals surface area contributed by atoms with Gasteiger partial charge < -0.3 is 4.98 Å². The number of rotatable bonds is 3. The van der Waals surface area contributed by atoms with Gasteiger partial charge in [0, 0.05) is 29.5 Å². The summed E-state index contributed by atoms with van der Waals surface area (Å²) in [7, 11) is 1.77. The van der Waals surface area contributed by atoms with Crippen molar-refractivity contribution in [2.45, 2.75) is 13.3 Å². The van der Waals surface area contributed by atoms with Gasteiger partial charge in [-0.15, -0.1) is 11.3 Å². The van der Waals surface area contributed by atoms with Gasteiger partial charge in [0.25, 0.3) is 0 Å². The first kappa shape index (κ1) is 12.9. The topological polar surface area (TPSA) is 49.0 Å². The molecular formula is C15H15N3OS. The number of para-hydroxylation sites is 1. The quantitative estimate of drug-likeness (QED) is 0.803. The molecule has 0 fully saturated rings. The van der Waals surface area contributed by atoms with E-state index in [9.17, 15) is 4.79 Å². The van der Waals surface area contributed by atoms with Crippen LogP contribution in [0.3, 0.4) is 0 Å². The fourth-order valence-corrected chi connectivity index (χ4v) is 2.95. The second kappa shape index (κ2) is 5.09. The third-order valence-corrected chi connectivity index (χ3v) is 4.32. The lowest BCUT2D eigenvalue weighted by atomic mass is 10.1. The van der Waals surface area contributed by atoms with Gasteiger partial charge in [-0.25, -0.2) is 4.98 Å². The van der Waals surface area contributed by atoms with Crippen LogP contribution in [0, 0.1) is 6.92 Å². The lowest BCUT2D eigenvalue weighted by molar-refractivity contribution is -0.117. The summed E-state index contributed by atoms with van der Waals surface area (Å²) in [6.45, 7) is 1.93. The van der Waals surface area contributed by atoms with Crippen LogP contribution < -0.4 is 4.90 Å². The van der Waals surface area contributed by atoms with Crippen LogP contribution in [-0.4, -0.2) is 22.9 Å². The van der Waals surface area contributed by atoms with Crippen molar-refractivity contribution in [1.29, 1.82) is 0 Å². The monoisotopic (exact) mass is 285 g/mol. The number of nitrogens with zero attached hydrogens (tertiary/aromatic N) is 2. The van der Waals surface area contributed by atoms with Crippen LogP contribution in [-0.2, 0) is 11.2 Å². The highest BCUT2D eigenvalue weighted by Gasteiger charge is 2.16.